The van der Waals surface area contributed by atoms with Gasteiger partial charge in [0.1, 0.15) is 17.3 Å². The molecule has 0 saturated heterocycles. The average Bonchev–Trinajstić information content (AvgIpc) is 2.66. The minimum Gasteiger partial charge on any atom is -0.508 e. The lowest BCUT2D eigenvalue weighted by Gasteiger charge is -2.15. The van der Waals surface area contributed by atoms with Crippen molar-refractivity contribution >= 4 is 0 Å². The molecule has 1 aromatic heterocycles. The Hall–Kier alpha value is -1.88. The van der Waals surface area contributed by atoms with Crippen molar-refractivity contribution in [1.82, 2.24) is 10.5 Å². The van der Waals surface area contributed by atoms with E-state index < -0.39 is 5.82 Å². The third-order valence-electron chi connectivity index (χ3n) is 3.22. The Morgan fingerprint density at radius 3 is 2.74 bits per heavy atom. The summed E-state index contributed by atoms with van der Waals surface area (Å²) in [6, 6.07) is 4.00. The molecule has 0 aliphatic carbocycles. The maximum Gasteiger partial charge on any atom is 0.138 e. The minimum absolute atomic E-state index is 0.0702. The average molecular weight is 264 g/mol. The number of aromatic hydroxyl groups is 1. The van der Waals surface area contributed by atoms with Crippen molar-refractivity contribution in [2.45, 2.75) is 33.4 Å². The SMILES string of the molecule is Cc1noc(C)c1CNC(C)c1ccc(O)cc1F. The number of hydrogen-bond donors (Lipinski definition) is 2. The highest BCUT2D eigenvalue weighted by Gasteiger charge is 2.14. The van der Waals surface area contributed by atoms with E-state index in [1.165, 1.54) is 6.07 Å². The second kappa shape index (κ2) is 5.40. The fourth-order valence-electron chi connectivity index (χ4n) is 1.99. The number of nitrogens with one attached hydrogen (secondary N) is 1. The largest absolute Gasteiger partial charge is 0.508 e. The first-order valence-corrected chi connectivity index (χ1v) is 6.12. The Kier molecular flexibility index (Phi) is 3.85. The summed E-state index contributed by atoms with van der Waals surface area (Å²) < 4.78 is 18.8. The van der Waals surface area contributed by atoms with E-state index in [9.17, 15) is 9.50 Å². The standard InChI is InChI=1S/C14H17FN2O2/c1-8(12-5-4-11(18)6-14(12)15)16-7-13-9(2)17-19-10(13)3/h4-6,8,16,18H,7H2,1-3H3. The number of benzene rings is 1. The number of aromatic nitrogens is 1. The molecule has 5 heteroatoms. The van der Waals surface area contributed by atoms with Gasteiger partial charge in [-0.05, 0) is 26.8 Å². The Balaban J connectivity index is 2.07. The predicted molar refractivity (Wildman–Crippen MR) is 69.3 cm³/mol. The molecule has 2 aromatic rings. The van der Waals surface area contributed by atoms with Gasteiger partial charge in [0.2, 0.25) is 0 Å². The number of phenolic OH excluding ortho intramolecular Hbond substituents is 1. The van der Waals surface area contributed by atoms with Crippen LogP contribution in [0.5, 0.6) is 5.75 Å². The quantitative estimate of drug-likeness (QED) is 0.891. The molecule has 1 unspecified atom stereocenters. The Morgan fingerprint density at radius 2 is 2.16 bits per heavy atom. The molecule has 0 spiro atoms. The zero-order valence-corrected chi connectivity index (χ0v) is 11.2. The Bertz CT molecular complexity index is 561. The van der Waals surface area contributed by atoms with Gasteiger partial charge in [-0.2, -0.15) is 0 Å². The molecule has 1 atom stereocenters. The van der Waals surface area contributed by atoms with E-state index in [0.717, 1.165) is 23.1 Å². The van der Waals surface area contributed by atoms with Gasteiger partial charge in [0.15, 0.2) is 0 Å². The fourth-order valence-corrected chi connectivity index (χ4v) is 1.99. The molecule has 2 N–H and O–H groups in total. The van der Waals surface area contributed by atoms with Gasteiger partial charge < -0.3 is 14.9 Å². The highest BCUT2D eigenvalue weighted by molar-refractivity contribution is 5.30. The van der Waals surface area contributed by atoms with E-state index in [2.05, 4.69) is 10.5 Å². The van der Waals surface area contributed by atoms with Crippen LogP contribution in [0, 0.1) is 19.7 Å². The highest BCUT2D eigenvalue weighted by atomic mass is 19.1. The van der Waals surface area contributed by atoms with Crippen LogP contribution in [0.1, 0.15) is 35.5 Å². The van der Waals surface area contributed by atoms with E-state index in [1.807, 2.05) is 20.8 Å². The Morgan fingerprint density at radius 1 is 1.42 bits per heavy atom. The maximum atomic E-state index is 13.7. The predicted octanol–water partition coefficient (Wildman–Crippen LogP) is 2.99. The molecular weight excluding hydrogens is 247 g/mol. The number of halogens is 1. The second-order valence-electron chi connectivity index (χ2n) is 4.61. The number of rotatable bonds is 4. The monoisotopic (exact) mass is 264 g/mol. The molecule has 0 fully saturated rings. The van der Waals surface area contributed by atoms with E-state index in [0.29, 0.717) is 12.1 Å². The lowest BCUT2D eigenvalue weighted by atomic mass is 10.1. The lowest BCUT2D eigenvalue weighted by Crippen LogP contribution is -2.19. The van der Waals surface area contributed by atoms with Crippen LogP contribution < -0.4 is 5.32 Å². The summed E-state index contributed by atoms with van der Waals surface area (Å²) in [5, 5.41) is 16.3. The zero-order valence-electron chi connectivity index (χ0n) is 11.2. The summed E-state index contributed by atoms with van der Waals surface area (Å²) >= 11 is 0. The van der Waals surface area contributed by atoms with Gasteiger partial charge in [0.25, 0.3) is 0 Å². The number of nitrogens with zero attached hydrogens (tertiary/aromatic N) is 1. The van der Waals surface area contributed by atoms with Crippen LogP contribution in [0.4, 0.5) is 4.39 Å². The molecule has 1 aromatic carbocycles. The van der Waals surface area contributed by atoms with Crippen LogP contribution in [0.25, 0.3) is 0 Å². The van der Waals surface area contributed by atoms with E-state index in [-0.39, 0.29) is 11.8 Å². The van der Waals surface area contributed by atoms with Crippen molar-refractivity contribution in [3.05, 3.63) is 46.6 Å². The molecule has 0 amide bonds. The van der Waals surface area contributed by atoms with Gasteiger partial charge in [-0.1, -0.05) is 11.2 Å². The van der Waals surface area contributed by atoms with Crippen molar-refractivity contribution in [3.63, 3.8) is 0 Å². The summed E-state index contributed by atoms with van der Waals surface area (Å²) in [7, 11) is 0. The number of hydrogen-bond acceptors (Lipinski definition) is 4. The van der Waals surface area contributed by atoms with Crippen LogP contribution in [-0.2, 0) is 6.54 Å². The summed E-state index contributed by atoms with van der Waals surface area (Å²) in [5.74, 6) is 0.279. The van der Waals surface area contributed by atoms with Gasteiger partial charge in [-0.15, -0.1) is 0 Å². The smallest absolute Gasteiger partial charge is 0.138 e. The third-order valence-corrected chi connectivity index (χ3v) is 3.22. The second-order valence-corrected chi connectivity index (χ2v) is 4.61. The first-order chi connectivity index (χ1) is 8.99. The van der Waals surface area contributed by atoms with Gasteiger partial charge in [0.05, 0.1) is 5.69 Å². The topological polar surface area (TPSA) is 58.3 Å². The van der Waals surface area contributed by atoms with Crippen LogP contribution in [-0.4, -0.2) is 10.3 Å². The molecule has 19 heavy (non-hydrogen) atoms. The third kappa shape index (κ3) is 2.93. The van der Waals surface area contributed by atoms with E-state index >= 15 is 0 Å². The summed E-state index contributed by atoms with van der Waals surface area (Å²) in [6.07, 6.45) is 0. The molecule has 0 aliphatic heterocycles. The van der Waals surface area contributed by atoms with Crippen molar-refractivity contribution in [3.8, 4) is 5.75 Å². The van der Waals surface area contributed by atoms with Crippen LogP contribution >= 0.6 is 0 Å². The lowest BCUT2D eigenvalue weighted by molar-refractivity contribution is 0.391. The van der Waals surface area contributed by atoms with Gasteiger partial charge in [0, 0.05) is 29.8 Å². The van der Waals surface area contributed by atoms with Gasteiger partial charge in [-0.3, -0.25) is 0 Å². The first kappa shape index (κ1) is 13.5. The van der Waals surface area contributed by atoms with Crippen molar-refractivity contribution < 1.29 is 14.0 Å². The van der Waals surface area contributed by atoms with Crippen LogP contribution in [0.3, 0.4) is 0 Å². The Labute approximate surface area is 111 Å². The molecule has 0 radical (unpaired) electrons. The first-order valence-electron chi connectivity index (χ1n) is 6.12. The van der Waals surface area contributed by atoms with Gasteiger partial charge in [-0.25, -0.2) is 4.39 Å². The van der Waals surface area contributed by atoms with E-state index in [1.54, 1.807) is 6.07 Å². The minimum atomic E-state index is -0.418. The molecular formula is C14H17FN2O2. The molecule has 102 valence electrons. The zero-order chi connectivity index (χ0) is 14.0. The van der Waals surface area contributed by atoms with Crippen molar-refractivity contribution in [1.29, 1.82) is 0 Å². The van der Waals surface area contributed by atoms with E-state index in [4.69, 9.17) is 4.52 Å². The van der Waals surface area contributed by atoms with Crippen molar-refractivity contribution in [2.75, 3.05) is 0 Å². The molecule has 0 bridgehead atoms. The number of aryl methyl sites for hydroxylation is 2. The molecule has 1 heterocycles. The summed E-state index contributed by atoms with van der Waals surface area (Å²) in [5.41, 5.74) is 2.35. The fraction of sp³-hybridized carbons (Fsp3) is 0.357. The molecule has 0 aliphatic rings. The van der Waals surface area contributed by atoms with Crippen LogP contribution in [0.2, 0.25) is 0 Å². The molecule has 0 saturated carbocycles. The highest BCUT2D eigenvalue weighted by Crippen LogP contribution is 2.22. The molecule has 4 nitrogen and oxygen atoms in total. The summed E-state index contributed by atoms with van der Waals surface area (Å²) in [6.45, 7) is 6.15. The van der Waals surface area contributed by atoms with Crippen LogP contribution in [0.15, 0.2) is 22.7 Å². The maximum absolute atomic E-state index is 13.7. The number of phenols is 1. The van der Waals surface area contributed by atoms with Crippen molar-refractivity contribution in [2.24, 2.45) is 0 Å². The summed E-state index contributed by atoms with van der Waals surface area (Å²) in [4.78, 5) is 0. The normalized spacial score (nSPS) is 12.6. The molecule has 2 rings (SSSR count). The van der Waals surface area contributed by atoms with Gasteiger partial charge >= 0.3 is 0 Å².